The third-order valence-electron chi connectivity index (χ3n) is 8.86. The number of anilines is 2. The number of fused-ring (bicyclic) bond motifs is 2. The molecule has 0 aliphatic carbocycles. The first kappa shape index (κ1) is 34.7. The Labute approximate surface area is 269 Å². The molecule has 0 saturated heterocycles. The lowest BCUT2D eigenvalue weighted by Crippen LogP contribution is -2.40. The SMILES string of the molecule is CC1(C)\C(=C/C=C/C=C/C=C/C2N(CCCCS(=O)(=O)O)c3ccccc3C2(C)C)N(CCCCS(=O)(=O)O)c2ccccc21. The van der Waals surface area contributed by atoms with Crippen LogP contribution in [-0.4, -0.2) is 56.6 Å². The summed E-state index contributed by atoms with van der Waals surface area (Å²) in [6.45, 7) is 10.2. The molecule has 45 heavy (non-hydrogen) atoms. The second-order valence-electron chi connectivity index (χ2n) is 12.9. The summed E-state index contributed by atoms with van der Waals surface area (Å²) in [6.07, 6.45) is 16.4. The van der Waals surface area contributed by atoms with Crippen molar-refractivity contribution in [3.05, 3.63) is 108 Å². The zero-order valence-electron chi connectivity index (χ0n) is 26.6. The molecule has 0 bridgehead atoms. The summed E-state index contributed by atoms with van der Waals surface area (Å²) >= 11 is 0. The first-order valence-electron chi connectivity index (χ1n) is 15.5. The van der Waals surface area contributed by atoms with Gasteiger partial charge >= 0.3 is 0 Å². The maximum Gasteiger partial charge on any atom is 0.264 e. The Kier molecular flexibility index (Phi) is 10.8. The summed E-state index contributed by atoms with van der Waals surface area (Å²) in [5.41, 5.74) is 5.52. The van der Waals surface area contributed by atoms with E-state index >= 15 is 0 Å². The minimum atomic E-state index is -3.97. The molecule has 8 nitrogen and oxygen atoms in total. The highest BCUT2D eigenvalue weighted by Gasteiger charge is 2.42. The molecule has 0 spiro atoms. The van der Waals surface area contributed by atoms with Crippen LogP contribution in [0.2, 0.25) is 0 Å². The van der Waals surface area contributed by atoms with Crippen LogP contribution in [0.5, 0.6) is 0 Å². The third kappa shape index (κ3) is 8.55. The van der Waals surface area contributed by atoms with Crippen molar-refractivity contribution in [1.82, 2.24) is 0 Å². The standard InChI is InChI=1S/C35H46N2O6S2/c1-34(2)28-18-10-12-20-30(28)36(24-14-16-26-44(38,39)40)32(34)22-8-6-5-7-9-23-33-35(3,4)29-19-11-13-21-31(29)37(33)25-15-17-27-45(41,42)43/h5-13,18-23,32H,14-17,24-27H2,1-4H3,(H,38,39,40)(H,41,42,43)/b6-5+,9-7+,22-8+,33-23+. The van der Waals surface area contributed by atoms with Crippen molar-refractivity contribution in [2.24, 2.45) is 0 Å². The van der Waals surface area contributed by atoms with E-state index in [1.165, 1.54) is 11.1 Å². The van der Waals surface area contributed by atoms with Crippen molar-refractivity contribution in [2.75, 3.05) is 34.4 Å². The fourth-order valence-corrected chi connectivity index (χ4v) is 7.72. The van der Waals surface area contributed by atoms with E-state index in [9.17, 15) is 16.8 Å². The second kappa shape index (κ2) is 14.1. The molecule has 2 aromatic carbocycles. The predicted molar refractivity (Wildman–Crippen MR) is 184 cm³/mol. The van der Waals surface area contributed by atoms with E-state index in [4.69, 9.17) is 9.11 Å². The van der Waals surface area contributed by atoms with Crippen LogP contribution >= 0.6 is 0 Å². The van der Waals surface area contributed by atoms with E-state index in [0.717, 1.165) is 17.1 Å². The minimum absolute atomic E-state index is 0.0866. The number of allylic oxidation sites excluding steroid dienone is 7. The average Bonchev–Trinajstić information content (AvgIpc) is 3.30. The molecule has 2 aliphatic heterocycles. The molecule has 10 heteroatoms. The van der Waals surface area contributed by atoms with Crippen LogP contribution in [0.3, 0.4) is 0 Å². The Morgan fingerprint density at radius 3 is 1.87 bits per heavy atom. The van der Waals surface area contributed by atoms with Gasteiger partial charge in [0.2, 0.25) is 0 Å². The van der Waals surface area contributed by atoms with Gasteiger partial charge in [0.05, 0.1) is 17.5 Å². The van der Waals surface area contributed by atoms with Gasteiger partial charge in [-0.15, -0.1) is 0 Å². The van der Waals surface area contributed by atoms with E-state index in [2.05, 4.69) is 80.0 Å². The molecule has 2 N–H and O–H groups in total. The average molecular weight is 655 g/mol. The number of rotatable bonds is 14. The zero-order valence-corrected chi connectivity index (χ0v) is 28.3. The van der Waals surface area contributed by atoms with E-state index in [0.29, 0.717) is 38.8 Å². The largest absolute Gasteiger partial charge is 0.364 e. The Hall–Kier alpha value is -3.18. The second-order valence-corrected chi connectivity index (χ2v) is 16.0. The van der Waals surface area contributed by atoms with Crippen molar-refractivity contribution in [3.8, 4) is 0 Å². The van der Waals surface area contributed by atoms with Crippen molar-refractivity contribution < 1.29 is 25.9 Å². The zero-order chi connectivity index (χ0) is 32.9. The van der Waals surface area contributed by atoms with Gasteiger partial charge < -0.3 is 9.80 Å². The number of benzene rings is 2. The van der Waals surface area contributed by atoms with Gasteiger partial charge in [-0.05, 0) is 55.0 Å². The van der Waals surface area contributed by atoms with E-state index in [1.807, 2.05) is 48.6 Å². The molecular weight excluding hydrogens is 609 g/mol. The molecule has 1 atom stereocenters. The van der Waals surface area contributed by atoms with Crippen LogP contribution in [0.4, 0.5) is 11.4 Å². The normalized spacial score (nSPS) is 20.2. The molecule has 0 saturated carbocycles. The minimum Gasteiger partial charge on any atom is -0.364 e. The van der Waals surface area contributed by atoms with Crippen LogP contribution in [0.25, 0.3) is 0 Å². The van der Waals surface area contributed by atoms with E-state index < -0.39 is 20.2 Å². The lowest BCUT2D eigenvalue weighted by Gasteiger charge is -2.32. The van der Waals surface area contributed by atoms with Crippen LogP contribution in [0, 0.1) is 0 Å². The lowest BCUT2D eigenvalue weighted by atomic mass is 9.80. The summed E-state index contributed by atoms with van der Waals surface area (Å²) in [5, 5.41) is 0. The van der Waals surface area contributed by atoms with Gasteiger partial charge in [0.15, 0.2) is 0 Å². The fourth-order valence-electron chi connectivity index (χ4n) is 6.58. The molecule has 2 heterocycles. The Morgan fingerprint density at radius 1 is 0.689 bits per heavy atom. The highest BCUT2D eigenvalue weighted by molar-refractivity contribution is 7.86. The summed E-state index contributed by atoms with van der Waals surface area (Å²) in [6, 6.07) is 16.7. The monoisotopic (exact) mass is 654 g/mol. The molecule has 0 fully saturated rings. The lowest BCUT2D eigenvalue weighted by molar-refractivity contribution is 0.466. The molecular formula is C35H46N2O6S2. The molecule has 2 aromatic rings. The van der Waals surface area contributed by atoms with Crippen molar-refractivity contribution in [2.45, 2.75) is 70.3 Å². The van der Waals surface area contributed by atoms with Crippen molar-refractivity contribution in [3.63, 3.8) is 0 Å². The van der Waals surface area contributed by atoms with Crippen molar-refractivity contribution in [1.29, 1.82) is 0 Å². The number of nitrogens with zero attached hydrogens (tertiary/aromatic N) is 2. The fraction of sp³-hybridized carbons (Fsp3) is 0.429. The topological polar surface area (TPSA) is 115 Å². The van der Waals surface area contributed by atoms with Crippen molar-refractivity contribution >= 4 is 31.6 Å². The summed E-state index contributed by atoms with van der Waals surface area (Å²) in [7, 11) is -7.93. The summed E-state index contributed by atoms with van der Waals surface area (Å²) in [5.74, 6) is -0.467. The van der Waals surface area contributed by atoms with E-state index in [-0.39, 0.29) is 28.4 Å². The quantitative estimate of drug-likeness (QED) is 0.129. The predicted octanol–water partition coefficient (Wildman–Crippen LogP) is 6.84. The van der Waals surface area contributed by atoms with Gasteiger partial charge in [-0.25, -0.2) is 0 Å². The van der Waals surface area contributed by atoms with Crippen LogP contribution in [0.1, 0.15) is 64.5 Å². The number of hydrogen-bond acceptors (Lipinski definition) is 6. The number of unbranched alkanes of at least 4 members (excludes halogenated alkanes) is 2. The van der Waals surface area contributed by atoms with Crippen LogP contribution in [0.15, 0.2) is 96.8 Å². The summed E-state index contributed by atoms with van der Waals surface area (Å²) in [4.78, 5) is 4.58. The van der Waals surface area contributed by atoms with Gasteiger partial charge in [-0.2, -0.15) is 16.8 Å². The van der Waals surface area contributed by atoms with Gasteiger partial charge in [0.25, 0.3) is 20.2 Å². The van der Waals surface area contributed by atoms with Crippen LogP contribution in [-0.2, 0) is 31.1 Å². The Bertz CT molecular complexity index is 1690. The number of para-hydroxylation sites is 2. The molecule has 0 amide bonds. The van der Waals surface area contributed by atoms with Gasteiger partial charge in [-0.1, -0.05) is 101 Å². The molecule has 0 aromatic heterocycles. The molecule has 0 radical (unpaired) electrons. The van der Waals surface area contributed by atoms with E-state index in [1.54, 1.807) is 0 Å². The Morgan fingerprint density at radius 2 is 1.22 bits per heavy atom. The maximum atomic E-state index is 11.2. The third-order valence-corrected chi connectivity index (χ3v) is 10.5. The molecule has 244 valence electrons. The number of hydrogen-bond donors (Lipinski definition) is 2. The van der Waals surface area contributed by atoms with Gasteiger partial charge in [0.1, 0.15) is 0 Å². The van der Waals surface area contributed by atoms with Gasteiger partial charge in [-0.3, -0.25) is 9.11 Å². The molecule has 1 unspecified atom stereocenters. The molecule has 2 aliphatic rings. The highest BCUT2D eigenvalue weighted by Crippen LogP contribution is 2.48. The van der Waals surface area contributed by atoms with Gasteiger partial charge in [0, 0.05) is 41.0 Å². The molecule has 4 rings (SSSR count). The first-order valence-corrected chi connectivity index (χ1v) is 18.7. The summed E-state index contributed by atoms with van der Waals surface area (Å²) < 4.78 is 63.0. The Balaban J connectivity index is 1.45. The highest BCUT2D eigenvalue weighted by atomic mass is 32.2. The van der Waals surface area contributed by atoms with Crippen LogP contribution < -0.4 is 9.80 Å². The smallest absolute Gasteiger partial charge is 0.264 e. The maximum absolute atomic E-state index is 11.2. The first-order chi connectivity index (χ1) is 21.1.